The van der Waals surface area contributed by atoms with Crippen molar-refractivity contribution in [2.75, 3.05) is 0 Å². The highest BCUT2D eigenvalue weighted by Gasteiger charge is 2.26. The van der Waals surface area contributed by atoms with Crippen molar-refractivity contribution in [1.29, 1.82) is 0 Å². The van der Waals surface area contributed by atoms with Crippen LogP contribution in [-0.4, -0.2) is 21.4 Å². The standard InChI is InChI=1S/C11H15N3O2/c1-14-7-6-12-9(14)4-2-8-3-5-10(15)13-11(8)16/h6-8H,2-5H2,1H3,(H,13,15,16). The summed E-state index contributed by atoms with van der Waals surface area (Å²) in [6.07, 6.45) is 6.28. The number of imide groups is 1. The number of hydrogen-bond donors (Lipinski definition) is 1. The van der Waals surface area contributed by atoms with Gasteiger partial charge in [-0.2, -0.15) is 0 Å². The number of amides is 2. The summed E-state index contributed by atoms with van der Waals surface area (Å²) >= 11 is 0. The van der Waals surface area contributed by atoms with Gasteiger partial charge in [0.25, 0.3) is 0 Å². The molecule has 5 heteroatoms. The zero-order valence-corrected chi connectivity index (χ0v) is 9.27. The van der Waals surface area contributed by atoms with Gasteiger partial charge in [0, 0.05) is 38.2 Å². The summed E-state index contributed by atoms with van der Waals surface area (Å²) in [7, 11) is 1.94. The van der Waals surface area contributed by atoms with Crippen LogP contribution in [-0.2, 0) is 23.1 Å². The molecule has 1 saturated heterocycles. The number of aromatic nitrogens is 2. The maximum atomic E-state index is 11.5. The normalized spacial score (nSPS) is 20.9. The molecular formula is C11H15N3O2. The number of imidazole rings is 1. The molecule has 0 aliphatic carbocycles. The van der Waals surface area contributed by atoms with E-state index in [0.29, 0.717) is 12.8 Å². The van der Waals surface area contributed by atoms with Crippen LogP contribution in [0, 0.1) is 5.92 Å². The van der Waals surface area contributed by atoms with E-state index in [1.807, 2.05) is 17.8 Å². The average Bonchev–Trinajstić information content (AvgIpc) is 2.63. The van der Waals surface area contributed by atoms with Crippen LogP contribution in [0.25, 0.3) is 0 Å². The molecule has 1 N–H and O–H groups in total. The third-order valence-electron chi connectivity index (χ3n) is 2.99. The molecule has 5 nitrogen and oxygen atoms in total. The SMILES string of the molecule is Cn1ccnc1CCC1CCC(=O)NC1=O. The number of nitrogens with zero attached hydrogens (tertiary/aromatic N) is 2. The summed E-state index contributed by atoms with van der Waals surface area (Å²) in [5.74, 6) is 0.641. The zero-order chi connectivity index (χ0) is 11.5. The number of aryl methyl sites for hydroxylation is 2. The van der Waals surface area contributed by atoms with E-state index in [0.717, 1.165) is 18.7 Å². The fourth-order valence-electron chi connectivity index (χ4n) is 1.95. The van der Waals surface area contributed by atoms with Crippen LogP contribution in [0.3, 0.4) is 0 Å². The Kier molecular flexibility index (Phi) is 3.03. The lowest BCUT2D eigenvalue weighted by Crippen LogP contribution is -2.40. The van der Waals surface area contributed by atoms with Crippen molar-refractivity contribution in [1.82, 2.24) is 14.9 Å². The minimum absolute atomic E-state index is 0.0469. The van der Waals surface area contributed by atoms with Gasteiger partial charge in [0.15, 0.2) is 0 Å². The Morgan fingerprint density at radius 3 is 3.00 bits per heavy atom. The molecule has 16 heavy (non-hydrogen) atoms. The van der Waals surface area contributed by atoms with Crippen LogP contribution in [0.2, 0.25) is 0 Å². The van der Waals surface area contributed by atoms with Crippen molar-refractivity contribution >= 4 is 11.8 Å². The second kappa shape index (κ2) is 4.47. The highest BCUT2D eigenvalue weighted by Crippen LogP contribution is 2.18. The van der Waals surface area contributed by atoms with E-state index >= 15 is 0 Å². The molecule has 1 aliphatic heterocycles. The topological polar surface area (TPSA) is 64.0 Å². The van der Waals surface area contributed by atoms with E-state index in [1.54, 1.807) is 6.20 Å². The van der Waals surface area contributed by atoms with Gasteiger partial charge in [0.1, 0.15) is 5.82 Å². The van der Waals surface area contributed by atoms with Crippen molar-refractivity contribution in [2.45, 2.75) is 25.7 Å². The summed E-state index contributed by atoms with van der Waals surface area (Å²) in [4.78, 5) is 26.7. The van der Waals surface area contributed by atoms with Gasteiger partial charge < -0.3 is 4.57 Å². The number of carbonyl (C=O) groups excluding carboxylic acids is 2. The fraction of sp³-hybridized carbons (Fsp3) is 0.545. The predicted octanol–water partition coefficient (Wildman–Crippen LogP) is 0.405. The average molecular weight is 221 g/mol. The summed E-state index contributed by atoms with van der Waals surface area (Å²) in [5, 5.41) is 2.37. The van der Waals surface area contributed by atoms with E-state index in [9.17, 15) is 9.59 Å². The van der Waals surface area contributed by atoms with Crippen molar-refractivity contribution in [3.8, 4) is 0 Å². The molecule has 0 saturated carbocycles. The van der Waals surface area contributed by atoms with Gasteiger partial charge in [0.2, 0.25) is 11.8 Å². The van der Waals surface area contributed by atoms with Crippen molar-refractivity contribution in [3.05, 3.63) is 18.2 Å². The molecule has 1 atom stereocenters. The molecule has 86 valence electrons. The molecule has 0 bridgehead atoms. The second-order valence-electron chi connectivity index (χ2n) is 4.14. The Balaban J connectivity index is 1.89. The van der Waals surface area contributed by atoms with E-state index in [2.05, 4.69) is 10.3 Å². The van der Waals surface area contributed by atoms with E-state index in [1.165, 1.54) is 0 Å². The molecule has 2 amide bonds. The Hall–Kier alpha value is -1.65. The number of piperidine rings is 1. The zero-order valence-electron chi connectivity index (χ0n) is 9.27. The number of nitrogens with one attached hydrogen (secondary N) is 1. The smallest absolute Gasteiger partial charge is 0.229 e. The first kappa shape index (κ1) is 10.9. The first-order chi connectivity index (χ1) is 7.66. The van der Waals surface area contributed by atoms with Gasteiger partial charge in [0.05, 0.1) is 0 Å². The third kappa shape index (κ3) is 2.29. The van der Waals surface area contributed by atoms with Crippen molar-refractivity contribution in [3.63, 3.8) is 0 Å². The summed E-state index contributed by atoms with van der Waals surface area (Å²) in [6.45, 7) is 0. The lowest BCUT2D eigenvalue weighted by Gasteiger charge is -2.20. The maximum absolute atomic E-state index is 11.5. The van der Waals surface area contributed by atoms with Gasteiger partial charge in [-0.3, -0.25) is 14.9 Å². The minimum atomic E-state index is -0.154. The van der Waals surface area contributed by atoms with E-state index < -0.39 is 0 Å². The summed E-state index contributed by atoms with van der Waals surface area (Å²) in [5.41, 5.74) is 0. The Labute approximate surface area is 93.9 Å². The molecule has 1 aromatic heterocycles. The molecule has 1 aliphatic rings. The molecule has 1 fully saturated rings. The Bertz CT molecular complexity index is 411. The van der Waals surface area contributed by atoms with Crippen LogP contribution in [0.5, 0.6) is 0 Å². The van der Waals surface area contributed by atoms with Crippen LogP contribution in [0.15, 0.2) is 12.4 Å². The maximum Gasteiger partial charge on any atom is 0.229 e. The van der Waals surface area contributed by atoms with E-state index in [4.69, 9.17) is 0 Å². The lowest BCUT2D eigenvalue weighted by atomic mass is 9.93. The largest absolute Gasteiger partial charge is 0.338 e. The van der Waals surface area contributed by atoms with Crippen molar-refractivity contribution < 1.29 is 9.59 Å². The number of rotatable bonds is 3. The Morgan fingerprint density at radius 2 is 2.38 bits per heavy atom. The van der Waals surface area contributed by atoms with Gasteiger partial charge in [-0.15, -0.1) is 0 Å². The highest BCUT2D eigenvalue weighted by atomic mass is 16.2. The monoisotopic (exact) mass is 221 g/mol. The number of carbonyl (C=O) groups is 2. The lowest BCUT2D eigenvalue weighted by molar-refractivity contribution is -0.136. The van der Waals surface area contributed by atoms with Gasteiger partial charge >= 0.3 is 0 Å². The fourth-order valence-corrected chi connectivity index (χ4v) is 1.95. The summed E-state index contributed by atoms with van der Waals surface area (Å²) < 4.78 is 1.95. The molecule has 0 spiro atoms. The Morgan fingerprint density at radius 1 is 1.56 bits per heavy atom. The molecule has 0 aromatic carbocycles. The molecule has 0 radical (unpaired) electrons. The summed E-state index contributed by atoms with van der Waals surface area (Å²) in [6, 6.07) is 0. The van der Waals surface area contributed by atoms with Crippen LogP contribution in [0.1, 0.15) is 25.1 Å². The van der Waals surface area contributed by atoms with Crippen LogP contribution < -0.4 is 5.32 Å². The molecule has 2 heterocycles. The minimum Gasteiger partial charge on any atom is -0.338 e. The molecule has 2 rings (SSSR count). The predicted molar refractivity (Wildman–Crippen MR) is 57.4 cm³/mol. The molecule has 1 aromatic rings. The molecule has 1 unspecified atom stereocenters. The van der Waals surface area contributed by atoms with Crippen molar-refractivity contribution in [2.24, 2.45) is 13.0 Å². The highest BCUT2D eigenvalue weighted by molar-refractivity contribution is 5.98. The first-order valence-corrected chi connectivity index (χ1v) is 5.46. The quantitative estimate of drug-likeness (QED) is 0.752. The van der Waals surface area contributed by atoms with Gasteiger partial charge in [-0.1, -0.05) is 0 Å². The third-order valence-corrected chi connectivity index (χ3v) is 2.99. The van der Waals surface area contributed by atoms with E-state index in [-0.39, 0.29) is 17.7 Å². The van der Waals surface area contributed by atoms with Gasteiger partial charge in [-0.05, 0) is 12.8 Å². The first-order valence-electron chi connectivity index (χ1n) is 5.46. The number of hydrogen-bond acceptors (Lipinski definition) is 3. The second-order valence-corrected chi connectivity index (χ2v) is 4.14. The van der Waals surface area contributed by atoms with Crippen LogP contribution in [0.4, 0.5) is 0 Å². The molecular weight excluding hydrogens is 206 g/mol. The van der Waals surface area contributed by atoms with Gasteiger partial charge in [-0.25, -0.2) is 4.98 Å². The van der Waals surface area contributed by atoms with Crippen LogP contribution >= 0.6 is 0 Å².